The van der Waals surface area contributed by atoms with Crippen molar-refractivity contribution in [2.45, 2.75) is 12.4 Å². The fraction of sp³-hybridized carbons (Fsp3) is 0.600. The highest BCUT2D eigenvalue weighted by Crippen LogP contribution is 2.05. The summed E-state index contributed by atoms with van der Waals surface area (Å²) >= 11 is 0. The number of nitrogens with two attached hydrogens (primary N) is 2. The Hall–Kier alpha value is -1.38. The van der Waals surface area contributed by atoms with E-state index in [0.717, 1.165) is 0 Å². The van der Waals surface area contributed by atoms with Crippen LogP contribution in [0.2, 0.25) is 0 Å². The van der Waals surface area contributed by atoms with E-state index in [0.29, 0.717) is 5.06 Å². The molecule has 0 aromatic carbocycles. The van der Waals surface area contributed by atoms with Crippen LogP contribution in [0.4, 0.5) is 0 Å². The fourth-order valence-electron chi connectivity index (χ4n) is 1.00. The number of aliphatic hydroxyl groups excluding tert-OH is 1. The number of rotatable bonds is 0. The van der Waals surface area contributed by atoms with Gasteiger partial charge in [-0.2, -0.15) is 5.06 Å². The van der Waals surface area contributed by atoms with Crippen LogP contribution in [0.25, 0.3) is 0 Å². The Labute approximate surface area is 73.9 Å². The molecule has 0 aliphatic carbocycles. The van der Waals surface area contributed by atoms with Crippen molar-refractivity contribution in [3.63, 3.8) is 0 Å². The van der Waals surface area contributed by atoms with E-state index in [1.807, 2.05) is 0 Å². The number of hydrogen-bond donors (Lipinski definition) is 4. The molecule has 0 saturated carbocycles. The number of aliphatic imine (C=N–C) groups is 1. The number of hydrogen-bond acceptors (Lipinski definition) is 6. The van der Waals surface area contributed by atoms with Gasteiger partial charge < -0.3 is 10.3 Å². The third-order valence-electron chi connectivity index (χ3n) is 1.73. The summed E-state index contributed by atoms with van der Waals surface area (Å²) < 4.78 is 0.194. The second-order valence-electron chi connectivity index (χ2n) is 2.50. The van der Waals surface area contributed by atoms with Gasteiger partial charge in [0.25, 0.3) is 6.23 Å². The Morgan fingerprint density at radius 1 is 1.69 bits per heavy atom. The maximum absolute atomic E-state index is 11.1. The molecule has 6 N–H and O–H groups in total. The van der Waals surface area contributed by atoms with Crippen molar-refractivity contribution in [1.29, 1.82) is 0 Å². The topological polar surface area (TPSA) is 134 Å². The van der Waals surface area contributed by atoms with Gasteiger partial charge in [0, 0.05) is 7.05 Å². The fourth-order valence-corrected chi connectivity index (χ4v) is 1.00. The van der Waals surface area contributed by atoms with E-state index in [2.05, 4.69) is 4.99 Å². The summed E-state index contributed by atoms with van der Waals surface area (Å²) in [5.74, 6) is -0.612. The van der Waals surface area contributed by atoms with E-state index in [-0.39, 0.29) is 10.6 Å². The zero-order valence-electron chi connectivity index (χ0n) is 6.95. The molecule has 0 saturated heterocycles. The minimum Gasteiger partial charge on any atom is -0.714 e. The number of hydroxylamine groups is 3. The van der Waals surface area contributed by atoms with E-state index < -0.39 is 18.2 Å². The van der Waals surface area contributed by atoms with Crippen LogP contribution in [0.1, 0.15) is 0 Å². The second-order valence-corrected chi connectivity index (χ2v) is 2.50. The lowest BCUT2D eigenvalue weighted by molar-refractivity contribution is -0.495. The minimum absolute atomic E-state index is 0.142. The van der Waals surface area contributed by atoms with Crippen LogP contribution in [-0.2, 0) is 0 Å². The van der Waals surface area contributed by atoms with Gasteiger partial charge in [0.05, 0.1) is 0 Å². The molecule has 2 atom stereocenters. The molecule has 2 unspecified atom stereocenters. The van der Waals surface area contributed by atoms with Crippen LogP contribution in [0.5, 0.6) is 0 Å². The molecule has 0 amide bonds. The predicted molar refractivity (Wildman–Crippen MR) is 43.8 cm³/mol. The monoisotopic (exact) mass is 189 g/mol. The third-order valence-corrected chi connectivity index (χ3v) is 1.73. The van der Waals surface area contributed by atoms with Crippen molar-refractivity contribution >= 4 is 11.7 Å². The molecule has 1 aliphatic rings. The summed E-state index contributed by atoms with van der Waals surface area (Å²) in [6.45, 7) is 0. The molecule has 74 valence electrons. The van der Waals surface area contributed by atoms with Crippen molar-refractivity contribution < 1.29 is 15.1 Å². The van der Waals surface area contributed by atoms with Crippen LogP contribution in [-0.4, -0.2) is 51.2 Å². The van der Waals surface area contributed by atoms with Gasteiger partial charge in [0.1, 0.15) is 0 Å². The SMILES string of the molecule is CN=C1C(N)[N+]([O-])=C(N)C(O)N1O. The van der Waals surface area contributed by atoms with E-state index in [1.54, 1.807) is 0 Å². The Morgan fingerprint density at radius 2 is 2.23 bits per heavy atom. The van der Waals surface area contributed by atoms with Crippen molar-refractivity contribution in [2.24, 2.45) is 16.5 Å². The highest BCUT2D eigenvalue weighted by Gasteiger charge is 2.37. The molecule has 0 bridgehead atoms. The molecule has 0 aromatic heterocycles. The van der Waals surface area contributed by atoms with Crippen molar-refractivity contribution in [3.8, 4) is 0 Å². The third kappa shape index (κ3) is 1.30. The average molecular weight is 189 g/mol. The largest absolute Gasteiger partial charge is 0.714 e. The molecule has 1 heterocycles. The first-order chi connectivity index (χ1) is 6.00. The molecule has 1 aliphatic heterocycles. The van der Waals surface area contributed by atoms with Gasteiger partial charge in [0.2, 0.25) is 6.17 Å². The first kappa shape index (κ1) is 9.71. The van der Waals surface area contributed by atoms with E-state index in [1.165, 1.54) is 7.05 Å². The van der Waals surface area contributed by atoms with Gasteiger partial charge in [-0.15, -0.1) is 0 Å². The normalized spacial score (nSPS) is 32.9. The number of amidine groups is 2. The molecule has 0 fully saturated rings. The molecule has 0 spiro atoms. The van der Waals surface area contributed by atoms with Gasteiger partial charge in [-0.3, -0.25) is 21.7 Å². The Balaban J connectivity index is 3.14. The van der Waals surface area contributed by atoms with E-state index in [4.69, 9.17) is 11.5 Å². The summed E-state index contributed by atoms with van der Waals surface area (Å²) in [6.07, 6.45) is -2.80. The zero-order chi connectivity index (χ0) is 10.2. The van der Waals surface area contributed by atoms with E-state index >= 15 is 0 Å². The molecular formula is C5H11N5O3. The lowest BCUT2D eigenvalue weighted by Gasteiger charge is -2.33. The Bertz CT molecular complexity index is 275. The maximum atomic E-state index is 11.1. The van der Waals surface area contributed by atoms with Crippen molar-refractivity contribution in [3.05, 3.63) is 5.21 Å². The maximum Gasteiger partial charge on any atom is 0.300 e. The van der Waals surface area contributed by atoms with Crippen molar-refractivity contribution in [1.82, 2.24) is 5.06 Å². The van der Waals surface area contributed by atoms with Crippen LogP contribution >= 0.6 is 0 Å². The van der Waals surface area contributed by atoms with Crippen LogP contribution in [0, 0.1) is 5.21 Å². The highest BCUT2D eigenvalue weighted by atomic mass is 16.5. The molecule has 1 rings (SSSR count). The summed E-state index contributed by atoms with van der Waals surface area (Å²) in [5.41, 5.74) is 10.5. The number of nitrogens with zero attached hydrogens (tertiary/aromatic N) is 3. The smallest absolute Gasteiger partial charge is 0.300 e. The predicted octanol–water partition coefficient (Wildman–Crippen LogP) is -2.81. The first-order valence-corrected chi connectivity index (χ1v) is 3.47. The van der Waals surface area contributed by atoms with Gasteiger partial charge in [0.15, 0.2) is 5.84 Å². The molecule has 0 radical (unpaired) electrons. The van der Waals surface area contributed by atoms with Crippen LogP contribution in [0.15, 0.2) is 4.99 Å². The summed E-state index contributed by atoms with van der Waals surface area (Å²) in [7, 11) is 1.33. The summed E-state index contributed by atoms with van der Waals surface area (Å²) in [5, 5.41) is 29.8. The molecule has 13 heavy (non-hydrogen) atoms. The first-order valence-electron chi connectivity index (χ1n) is 3.47. The van der Waals surface area contributed by atoms with E-state index in [9.17, 15) is 15.5 Å². The lowest BCUT2D eigenvalue weighted by atomic mass is 10.3. The quantitative estimate of drug-likeness (QED) is 0.240. The average Bonchev–Trinajstić information content (AvgIpc) is 2.13. The summed E-state index contributed by atoms with van der Waals surface area (Å²) in [4.78, 5) is 3.54. The lowest BCUT2D eigenvalue weighted by Crippen LogP contribution is -2.63. The van der Waals surface area contributed by atoms with Gasteiger partial charge in [-0.05, 0) is 0 Å². The summed E-state index contributed by atoms with van der Waals surface area (Å²) in [6, 6.07) is 0. The molecular weight excluding hydrogens is 178 g/mol. The Kier molecular flexibility index (Phi) is 2.36. The van der Waals surface area contributed by atoms with Gasteiger partial charge in [-0.1, -0.05) is 0 Å². The second kappa shape index (κ2) is 3.17. The van der Waals surface area contributed by atoms with Gasteiger partial charge >= 0.3 is 5.84 Å². The highest BCUT2D eigenvalue weighted by molar-refractivity contribution is 5.93. The van der Waals surface area contributed by atoms with Gasteiger partial charge in [-0.25, -0.2) is 4.74 Å². The molecule has 8 nitrogen and oxygen atoms in total. The minimum atomic E-state index is -1.60. The standard InChI is InChI=1S/C5H11N5O3/c1-8-4-2(6)9(12)3(7)5(11)10(4)13/h2,5,11,13H,6-7H2,1H3. The van der Waals surface area contributed by atoms with Crippen LogP contribution < -0.4 is 11.5 Å². The number of aliphatic hydroxyl groups is 1. The molecule has 0 aromatic rings. The molecule has 8 heteroatoms. The zero-order valence-corrected chi connectivity index (χ0v) is 6.95. The Morgan fingerprint density at radius 3 is 2.69 bits per heavy atom. The van der Waals surface area contributed by atoms with Crippen molar-refractivity contribution in [2.75, 3.05) is 7.05 Å². The van der Waals surface area contributed by atoms with Crippen LogP contribution in [0.3, 0.4) is 0 Å².